The first-order chi connectivity index (χ1) is 9.10. The Labute approximate surface area is 118 Å². The molecule has 1 unspecified atom stereocenters. The number of benzene rings is 1. The number of nitrogens with two attached hydrogens (primary N) is 1. The molecule has 2 N–H and O–H groups in total. The zero-order valence-electron chi connectivity index (χ0n) is 11.6. The van der Waals surface area contributed by atoms with E-state index in [4.69, 9.17) is 10.5 Å². The Bertz CT molecular complexity index is 549. The summed E-state index contributed by atoms with van der Waals surface area (Å²) in [5.74, 6) is 0.885. The van der Waals surface area contributed by atoms with Gasteiger partial charge in [-0.1, -0.05) is 19.1 Å². The second kappa shape index (κ2) is 6.17. The molecule has 0 saturated heterocycles. The minimum atomic E-state index is 0.0418. The van der Waals surface area contributed by atoms with Gasteiger partial charge in [0.05, 0.1) is 5.69 Å². The monoisotopic (exact) mass is 276 g/mol. The zero-order chi connectivity index (χ0) is 13.8. The number of aromatic nitrogens is 1. The van der Waals surface area contributed by atoms with Crippen LogP contribution in [0.5, 0.6) is 5.75 Å². The lowest BCUT2D eigenvalue weighted by molar-refractivity contribution is 0.305. The number of ether oxygens (including phenoxy) is 1. The van der Waals surface area contributed by atoms with Gasteiger partial charge in [0.2, 0.25) is 0 Å². The van der Waals surface area contributed by atoms with Crippen LogP contribution in [0.2, 0.25) is 0 Å². The molecule has 0 aliphatic rings. The smallest absolute Gasteiger partial charge is 0.140 e. The maximum Gasteiger partial charge on any atom is 0.140 e. The van der Waals surface area contributed by atoms with Gasteiger partial charge in [-0.15, -0.1) is 11.3 Å². The Morgan fingerprint density at radius 3 is 2.79 bits per heavy atom. The Hall–Kier alpha value is -1.39. The predicted octanol–water partition coefficient (Wildman–Crippen LogP) is 3.61. The topological polar surface area (TPSA) is 48.1 Å². The summed E-state index contributed by atoms with van der Waals surface area (Å²) >= 11 is 1.65. The second-order valence-corrected chi connectivity index (χ2v) is 5.78. The molecular weight excluding hydrogens is 256 g/mol. The van der Waals surface area contributed by atoms with Crippen LogP contribution in [0.3, 0.4) is 0 Å². The van der Waals surface area contributed by atoms with Crippen molar-refractivity contribution >= 4 is 11.3 Å². The fraction of sp³-hybridized carbons (Fsp3) is 0.400. The zero-order valence-corrected chi connectivity index (χ0v) is 12.5. The van der Waals surface area contributed by atoms with E-state index in [1.54, 1.807) is 11.3 Å². The summed E-state index contributed by atoms with van der Waals surface area (Å²) in [4.78, 5) is 5.77. The largest absolute Gasteiger partial charge is 0.486 e. The van der Waals surface area contributed by atoms with Crippen LogP contribution in [-0.4, -0.2) is 4.98 Å². The molecule has 4 heteroatoms. The van der Waals surface area contributed by atoms with Crippen molar-refractivity contribution in [2.45, 2.75) is 39.8 Å². The molecule has 0 saturated carbocycles. The lowest BCUT2D eigenvalue weighted by Gasteiger charge is -2.04. The molecule has 102 valence electrons. The summed E-state index contributed by atoms with van der Waals surface area (Å²) in [5.41, 5.74) is 8.26. The van der Waals surface area contributed by atoms with Gasteiger partial charge in [0.25, 0.3) is 0 Å². The van der Waals surface area contributed by atoms with Crippen LogP contribution in [0.4, 0.5) is 0 Å². The molecular formula is C15H20N2OS. The average Bonchev–Trinajstić information content (AvgIpc) is 2.80. The van der Waals surface area contributed by atoms with Crippen LogP contribution in [0, 0.1) is 6.92 Å². The third kappa shape index (κ3) is 3.55. The van der Waals surface area contributed by atoms with E-state index in [2.05, 4.69) is 24.9 Å². The van der Waals surface area contributed by atoms with E-state index in [0.29, 0.717) is 6.61 Å². The number of nitrogens with zero attached hydrogens (tertiary/aromatic N) is 1. The molecule has 0 aliphatic carbocycles. The van der Waals surface area contributed by atoms with Crippen molar-refractivity contribution in [2.75, 3.05) is 0 Å². The highest BCUT2D eigenvalue weighted by molar-refractivity contribution is 7.11. The molecule has 19 heavy (non-hydrogen) atoms. The van der Waals surface area contributed by atoms with Crippen molar-refractivity contribution in [3.8, 4) is 5.75 Å². The third-order valence-electron chi connectivity index (χ3n) is 2.87. The van der Waals surface area contributed by atoms with E-state index in [9.17, 15) is 0 Å². The summed E-state index contributed by atoms with van der Waals surface area (Å²) in [7, 11) is 0. The van der Waals surface area contributed by atoms with E-state index in [-0.39, 0.29) is 6.04 Å². The second-order valence-electron chi connectivity index (χ2n) is 4.67. The van der Waals surface area contributed by atoms with E-state index in [0.717, 1.165) is 22.9 Å². The molecule has 2 aromatic rings. The predicted molar refractivity (Wildman–Crippen MR) is 79.6 cm³/mol. The summed E-state index contributed by atoms with van der Waals surface area (Å²) < 4.78 is 5.77. The standard InChI is InChI=1S/C15H20N2OS/c1-4-13-15(11(3)16)19-14(17-13)9-18-12-7-5-6-10(2)8-12/h5-8,11H,4,9,16H2,1-3H3. The van der Waals surface area contributed by atoms with Crippen LogP contribution in [0.1, 0.15) is 41.0 Å². The van der Waals surface area contributed by atoms with Crippen molar-refractivity contribution in [1.29, 1.82) is 0 Å². The van der Waals surface area contributed by atoms with Crippen LogP contribution >= 0.6 is 11.3 Å². The molecule has 0 radical (unpaired) electrons. The van der Waals surface area contributed by atoms with E-state index < -0.39 is 0 Å². The average molecular weight is 276 g/mol. The molecule has 1 aromatic heterocycles. The highest BCUT2D eigenvalue weighted by atomic mass is 32.1. The van der Waals surface area contributed by atoms with E-state index in [1.807, 2.05) is 25.1 Å². The van der Waals surface area contributed by atoms with Crippen molar-refractivity contribution in [3.05, 3.63) is 45.4 Å². The van der Waals surface area contributed by atoms with Gasteiger partial charge in [-0.25, -0.2) is 4.98 Å². The van der Waals surface area contributed by atoms with Crippen molar-refractivity contribution < 1.29 is 4.74 Å². The molecule has 0 bridgehead atoms. The minimum Gasteiger partial charge on any atom is -0.486 e. The van der Waals surface area contributed by atoms with E-state index in [1.165, 1.54) is 10.4 Å². The molecule has 1 atom stereocenters. The maximum absolute atomic E-state index is 5.96. The van der Waals surface area contributed by atoms with Crippen LogP contribution in [0.15, 0.2) is 24.3 Å². The third-order valence-corrected chi connectivity index (χ3v) is 4.14. The summed E-state index contributed by atoms with van der Waals surface area (Å²) in [5, 5.41) is 0.991. The Morgan fingerprint density at radius 1 is 1.42 bits per heavy atom. The van der Waals surface area contributed by atoms with Gasteiger partial charge in [0.1, 0.15) is 17.4 Å². The molecule has 0 fully saturated rings. The Kier molecular flexibility index (Phi) is 4.56. The molecule has 1 heterocycles. The molecule has 0 amide bonds. The van der Waals surface area contributed by atoms with Crippen LogP contribution < -0.4 is 10.5 Å². The first-order valence-electron chi connectivity index (χ1n) is 6.53. The Balaban J connectivity index is 2.07. The van der Waals surface area contributed by atoms with Gasteiger partial charge in [-0.05, 0) is 38.0 Å². The van der Waals surface area contributed by atoms with Gasteiger partial charge < -0.3 is 10.5 Å². The van der Waals surface area contributed by atoms with Crippen LogP contribution in [-0.2, 0) is 13.0 Å². The van der Waals surface area contributed by atoms with Crippen molar-refractivity contribution in [1.82, 2.24) is 4.98 Å². The minimum absolute atomic E-state index is 0.0418. The Morgan fingerprint density at radius 2 is 2.21 bits per heavy atom. The van der Waals surface area contributed by atoms with Gasteiger partial charge in [-0.2, -0.15) is 0 Å². The van der Waals surface area contributed by atoms with Crippen LogP contribution in [0.25, 0.3) is 0 Å². The van der Waals surface area contributed by atoms with Crippen molar-refractivity contribution in [3.63, 3.8) is 0 Å². The lowest BCUT2D eigenvalue weighted by atomic mass is 10.2. The summed E-state index contributed by atoms with van der Waals surface area (Å²) in [6, 6.07) is 8.09. The molecule has 1 aromatic carbocycles. The number of hydrogen-bond donors (Lipinski definition) is 1. The van der Waals surface area contributed by atoms with Gasteiger partial charge in [0.15, 0.2) is 0 Å². The summed E-state index contributed by atoms with van der Waals surface area (Å²) in [6.45, 7) is 6.66. The van der Waals surface area contributed by atoms with Gasteiger partial charge >= 0.3 is 0 Å². The highest BCUT2D eigenvalue weighted by Gasteiger charge is 2.13. The van der Waals surface area contributed by atoms with Crippen molar-refractivity contribution in [2.24, 2.45) is 5.73 Å². The van der Waals surface area contributed by atoms with Gasteiger partial charge in [0, 0.05) is 10.9 Å². The number of aryl methyl sites for hydroxylation is 2. The first kappa shape index (κ1) is 14.0. The molecule has 2 rings (SSSR count). The fourth-order valence-corrected chi connectivity index (χ4v) is 2.96. The highest BCUT2D eigenvalue weighted by Crippen LogP contribution is 2.25. The lowest BCUT2D eigenvalue weighted by Crippen LogP contribution is -2.05. The maximum atomic E-state index is 5.96. The molecule has 0 aliphatic heterocycles. The fourth-order valence-electron chi connectivity index (χ4n) is 1.94. The quantitative estimate of drug-likeness (QED) is 0.907. The number of hydrogen-bond acceptors (Lipinski definition) is 4. The normalized spacial score (nSPS) is 12.4. The number of thiazole rings is 1. The molecule has 0 spiro atoms. The van der Waals surface area contributed by atoms with Gasteiger partial charge in [-0.3, -0.25) is 0 Å². The molecule has 3 nitrogen and oxygen atoms in total. The SMILES string of the molecule is CCc1nc(COc2cccc(C)c2)sc1C(C)N. The summed E-state index contributed by atoms with van der Waals surface area (Å²) in [6.07, 6.45) is 0.915. The van der Waals surface area contributed by atoms with E-state index >= 15 is 0 Å². The number of rotatable bonds is 5. The first-order valence-corrected chi connectivity index (χ1v) is 7.35.